The summed E-state index contributed by atoms with van der Waals surface area (Å²) in [6.45, 7) is 2.12. The third-order valence-corrected chi connectivity index (χ3v) is 6.17. The van der Waals surface area contributed by atoms with Gasteiger partial charge in [-0.1, -0.05) is 34.8 Å². The maximum absolute atomic E-state index is 12.7. The van der Waals surface area contributed by atoms with Gasteiger partial charge < -0.3 is 10.1 Å². The molecule has 1 aliphatic rings. The van der Waals surface area contributed by atoms with Crippen molar-refractivity contribution in [3.8, 4) is 0 Å². The van der Waals surface area contributed by atoms with Gasteiger partial charge in [0.1, 0.15) is 5.00 Å². The van der Waals surface area contributed by atoms with Crippen molar-refractivity contribution < 1.29 is 14.3 Å². The van der Waals surface area contributed by atoms with E-state index in [2.05, 4.69) is 21.2 Å². The van der Waals surface area contributed by atoms with E-state index in [1.54, 1.807) is 19.1 Å². The Morgan fingerprint density at radius 1 is 1.19 bits per heavy atom. The number of ether oxygens (including phenoxy) is 1. The standard InChI is InChI=1S/C20H22BrNO3S/c1-2-25-20(24)17-15-10-5-3-4-6-11-16(15)26-19(17)22-18(23)13-8-7-9-14(21)12-13/h7-9,12H,2-6,10-11H2,1H3,(H,22,23). The van der Waals surface area contributed by atoms with Crippen LogP contribution < -0.4 is 5.32 Å². The lowest BCUT2D eigenvalue weighted by Gasteiger charge is -2.11. The number of hydrogen-bond donors (Lipinski definition) is 1. The van der Waals surface area contributed by atoms with Gasteiger partial charge in [-0.2, -0.15) is 0 Å². The number of carbonyl (C=O) groups excluding carboxylic acids is 2. The summed E-state index contributed by atoms with van der Waals surface area (Å²) >= 11 is 4.91. The number of esters is 1. The normalized spacial score (nSPS) is 14.1. The maximum atomic E-state index is 12.7. The third-order valence-electron chi connectivity index (χ3n) is 4.46. The minimum Gasteiger partial charge on any atom is -0.462 e. The fraction of sp³-hybridized carbons (Fsp3) is 0.400. The van der Waals surface area contributed by atoms with Crippen LogP contribution in [0.1, 0.15) is 63.8 Å². The Morgan fingerprint density at radius 2 is 1.96 bits per heavy atom. The minimum atomic E-state index is -0.338. The van der Waals surface area contributed by atoms with E-state index in [-0.39, 0.29) is 11.9 Å². The summed E-state index contributed by atoms with van der Waals surface area (Å²) < 4.78 is 6.12. The molecule has 0 spiro atoms. The summed E-state index contributed by atoms with van der Waals surface area (Å²) in [6, 6.07) is 7.22. The number of benzene rings is 1. The fourth-order valence-corrected chi connectivity index (χ4v) is 4.90. The molecule has 3 rings (SSSR count). The van der Waals surface area contributed by atoms with Crippen LogP contribution in [0.4, 0.5) is 5.00 Å². The molecule has 0 atom stereocenters. The molecule has 0 saturated carbocycles. The number of halogens is 1. The molecule has 1 heterocycles. The number of aryl methyl sites for hydroxylation is 1. The van der Waals surface area contributed by atoms with E-state index in [1.807, 2.05) is 12.1 Å². The van der Waals surface area contributed by atoms with Gasteiger partial charge in [0.25, 0.3) is 5.91 Å². The number of carbonyl (C=O) groups is 2. The zero-order valence-electron chi connectivity index (χ0n) is 14.8. The highest BCUT2D eigenvalue weighted by Gasteiger charge is 2.26. The van der Waals surface area contributed by atoms with Crippen molar-refractivity contribution in [2.45, 2.75) is 45.4 Å². The Morgan fingerprint density at radius 3 is 2.69 bits per heavy atom. The van der Waals surface area contributed by atoms with Crippen LogP contribution in [0.5, 0.6) is 0 Å². The van der Waals surface area contributed by atoms with Crippen molar-refractivity contribution in [1.82, 2.24) is 0 Å². The van der Waals surface area contributed by atoms with E-state index in [0.717, 1.165) is 35.7 Å². The largest absolute Gasteiger partial charge is 0.462 e. The molecule has 1 aliphatic carbocycles. The molecule has 4 nitrogen and oxygen atoms in total. The first-order chi connectivity index (χ1) is 12.6. The van der Waals surface area contributed by atoms with Gasteiger partial charge >= 0.3 is 5.97 Å². The van der Waals surface area contributed by atoms with Crippen molar-refractivity contribution in [3.05, 3.63) is 50.3 Å². The zero-order valence-corrected chi connectivity index (χ0v) is 17.2. The number of rotatable bonds is 4. The second-order valence-corrected chi connectivity index (χ2v) is 8.33. The van der Waals surface area contributed by atoms with Crippen LogP contribution in [0.25, 0.3) is 0 Å². The highest BCUT2D eigenvalue weighted by atomic mass is 79.9. The average Bonchev–Trinajstić information content (AvgIpc) is 2.91. The Bertz CT molecular complexity index is 815. The molecule has 138 valence electrons. The highest BCUT2D eigenvalue weighted by molar-refractivity contribution is 9.10. The van der Waals surface area contributed by atoms with Crippen LogP contribution in [0.2, 0.25) is 0 Å². The molecule has 1 N–H and O–H groups in total. The first kappa shape index (κ1) is 19.1. The van der Waals surface area contributed by atoms with E-state index in [4.69, 9.17) is 4.74 Å². The zero-order chi connectivity index (χ0) is 18.5. The fourth-order valence-electron chi connectivity index (χ4n) is 3.23. The van der Waals surface area contributed by atoms with Gasteiger partial charge in [0.05, 0.1) is 12.2 Å². The summed E-state index contributed by atoms with van der Waals surface area (Å²) in [5.41, 5.74) is 2.17. The Balaban J connectivity index is 1.95. The van der Waals surface area contributed by atoms with Crippen LogP contribution in [0, 0.1) is 0 Å². The summed E-state index contributed by atoms with van der Waals surface area (Å²) in [7, 11) is 0. The lowest BCUT2D eigenvalue weighted by Crippen LogP contribution is -2.15. The van der Waals surface area contributed by atoms with Crippen molar-refractivity contribution in [3.63, 3.8) is 0 Å². The first-order valence-corrected chi connectivity index (χ1v) is 10.6. The smallest absolute Gasteiger partial charge is 0.341 e. The molecule has 0 fully saturated rings. The molecule has 1 aromatic carbocycles. The molecular weight excluding hydrogens is 414 g/mol. The monoisotopic (exact) mass is 435 g/mol. The third kappa shape index (κ3) is 4.35. The van der Waals surface area contributed by atoms with Gasteiger partial charge in [-0.05, 0) is 56.4 Å². The topological polar surface area (TPSA) is 55.4 Å². The molecule has 0 unspecified atom stereocenters. The SMILES string of the molecule is CCOC(=O)c1c(NC(=O)c2cccc(Br)c2)sc2c1CCCCCC2. The van der Waals surface area contributed by atoms with Gasteiger partial charge in [-0.3, -0.25) is 4.79 Å². The van der Waals surface area contributed by atoms with Gasteiger partial charge in [0.15, 0.2) is 0 Å². The predicted octanol–water partition coefficient (Wildman–Crippen LogP) is 5.60. The number of nitrogens with one attached hydrogen (secondary N) is 1. The van der Waals surface area contributed by atoms with Crippen LogP contribution in [-0.2, 0) is 17.6 Å². The second-order valence-electron chi connectivity index (χ2n) is 6.31. The molecule has 1 amide bonds. The Labute approximate surface area is 166 Å². The number of hydrogen-bond acceptors (Lipinski definition) is 4. The van der Waals surface area contributed by atoms with E-state index in [0.29, 0.717) is 22.7 Å². The highest BCUT2D eigenvalue weighted by Crippen LogP contribution is 2.37. The quantitative estimate of drug-likeness (QED) is 0.635. The lowest BCUT2D eigenvalue weighted by molar-refractivity contribution is 0.0526. The van der Waals surface area contributed by atoms with E-state index in [1.165, 1.54) is 29.1 Å². The van der Waals surface area contributed by atoms with E-state index >= 15 is 0 Å². The average molecular weight is 436 g/mol. The number of amides is 1. The van der Waals surface area contributed by atoms with Gasteiger partial charge in [0, 0.05) is 14.9 Å². The second kappa shape index (κ2) is 8.82. The van der Waals surface area contributed by atoms with Crippen LogP contribution in [0.15, 0.2) is 28.7 Å². The molecule has 6 heteroatoms. The van der Waals surface area contributed by atoms with E-state index < -0.39 is 0 Å². The summed E-state index contributed by atoms with van der Waals surface area (Å²) in [6.07, 6.45) is 6.40. The number of thiophene rings is 1. The van der Waals surface area contributed by atoms with Crippen LogP contribution >= 0.6 is 27.3 Å². The predicted molar refractivity (Wildman–Crippen MR) is 108 cm³/mol. The first-order valence-electron chi connectivity index (χ1n) is 8.98. The van der Waals surface area contributed by atoms with Gasteiger partial charge in [0.2, 0.25) is 0 Å². The Kier molecular flexibility index (Phi) is 6.48. The van der Waals surface area contributed by atoms with Crippen molar-refractivity contribution in [2.75, 3.05) is 11.9 Å². The maximum Gasteiger partial charge on any atom is 0.341 e. The van der Waals surface area contributed by atoms with Crippen molar-refractivity contribution in [1.29, 1.82) is 0 Å². The molecule has 0 saturated heterocycles. The summed E-state index contributed by atoms with van der Waals surface area (Å²) in [4.78, 5) is 26.5. The molecule has 0 aliphatic heterocycles. The molecule has 26 heavy (non-hydrogen) atoms. The molecular formula is C20H22BrNO3S. The lowest BCUT2D eigenvalue weighted by atomic mass is 9.96. The molecule has 2 aromatic rings. The van der Waals surface area contributed by atoms with Crippen molar-refractivity contribution in [2.24, 2.45) is 0 Å². The number of fused-ring (bicyclic) bond motifs is 1. The van der Waals surface area contributed by atoms with Gasteiger partial charge in [-0.25, -0.2) is 4.79 Å². The molecule has 0 bridgehead atoms. The van der Waals surface area contributed by atoms with Gasteiger partial charge in [-0.15, -0.1) is 11.3 Å². The summed E-state index contributed by atoms with van der Waals surface area (Å²) in [5.74, 6) is -0.554. The molecule has 0 radical (unpaired) electrons. The summed E-state index contributed by atoms with van der Waals surface area (Å²) in [5, 5.41) is 3.56. The van der Waals surface area contributed by atoms with Crippen LogP contribution in [0.3, 0.4) is 0 Å². The van der Waals surface area contributed by atoms with Crippen molar-refractivity contribution >= 4 is 44.1 Å². The molecule has 1 aromatic heterocycles. The minimum absolute atomic E-state index is 0.217. The Hall–Kier alpha value is -1.66. The van der Waals surface area contributed by atoms with Crippen LogP contribution in [-0.4, -0.2) is 18.5 Å². The number of anilines is 1. The van der Waals surface area contributed by atoms with E-state index in [9.17, 15) is 9.59 Å².